The van der Waals surface area contributed by atoms with Crippen LogP contribution in [0, 0.1) is 0 Å². The molecule has 24 atom stereocenters. The number of hydrogen-bond donors (Lipinski definition) is 13. The summed E-state index contributed by atoms with van der Waals surface area (Å²) in [5, 5.41) is 66.7. The van der Waals surface area contributed by atoms with E-state index < -0.39 is 0 Å². The van der Waals surface area contributed by atoms with Crippen LogP contribution in [0.3, 0.4) is 0 Å². The molecule has 0 aromatic carbocycles. The average molecular weight is 822 g/mol. The van der Waals surface area contributed by atoms with Gasteiger partial charge in [0.2, 0.25) is 0 Å². The van der Waals surface area contributed by atoms with Crippen molar-refractivity contribution in [2.24, 2.45) is 0 Å². The molecule has 13 heteroatoms. The number of aliphatic hydroxyl groups is 2. The monoisotopic (exact) mass is 822 g/mol. The van der Waals surface area contributed by atoms with Crippen molar-refractivity contribution < 1.29 is 10.2 Å². The van der Waals surface area contributed by atoms with Crippen molar-refractivity contribution in [3.05, 3.63) is 0 Å². The van der Waals surface area contributed by atoms with Gasteiger partial charge in [0.05, 0.1) is 12.2 Å². The van der Waals surface area contributed by atoms with Gasteiger partial charge in [0, 0.05) is 133 Å². The van der Waals surface area contributed by atoms with Crippen LogP contribution in [0.15, 0.2) is 0 Å². The molecule has 24 unspecified atom stereocenters. The summed E-state index contributed by atoms with van der Waals surface area (Å²) in [4.78, 5) is 0. The Hall–Kier alpha value is -0.520. The molecule has 11 aliphatic heterocycles. The van der Waals surface area contributed by atoms with Crippen LogP contribution < -0.4 is 58.5 Å². The Kier molecular flexibility index (Phi) is 12.2. The first-order chi connectivity index (χ1) is 28.8. The molecule has 11 fully saturated rings. The quantitative estimate of drug-likeness (QED) is 0.145. The Morgan fingerprint density at radius 1 is 0.237 bits per heavy atom. The molecule has 11 saturated heterocycles. The third-order valence-electron chi connectivity index (χ3n) is 18.7. The molecule has 0 spiro atoms. The van der Waals surface area contributed by atoms with Gasteiger partial charge in [0.25, 0.3) is 0 Å². The molecule has 0 aliphatic carbocycles. The van der Waals surface area contributed by atoms with Crippen LogP contribution in [-0.4, -0.2) is 155 Å². The van der Waals surface area contributed by atoms with Gasteiger partial charge in [-0.15, -0.1) is 0 Å². The van der Waals surface area contributed by atoms with Crippen molar-refractivity contribution in [3.8, 4) is 0 Å². The Bertz CT molecular complexity index is 1430. The van der Waals surface area contributed by atoms with Crippen molar-refractivity contribution in [3.63, 3.8) is 0 Å². The van der Waals surface area contributed by atoms with Gasteiger partial charge in [0.15, 0.2) is 0 Å². The molecule has 13 nitrogen and oxygen atoms in total. The summed E-state index contributed by atoms with van der Waals surface area (Å²) in [6.45, 7) is 4.65. The van der Waals surface area contributed by atoms with Crippen molar-refractivity contribution in [1.29, 1.82) is 0 Å². The highest BCUT2D eigenvalue weighted by Crippen LogP contribution is 2.36. The van der Waals surface area contributed by atoms with Gasteiger partial charge in [-0.1, -0.05) is 0 Å². The molecule has 0 aromatic heterocycles. The maximum atomic E-state index is 11.4. The zero-order valence-corrected chi connectivity index (χ0v) is 36.4. The van der Waals surface area contributed by atoms with Crippen LogP contribution in [0.2, 0.25) is 0 Å². The fourth-order valence-corrected chi connectivity index (χ4v) is 15.5. The van der Waals surface area contributed by atoms with Crippen LogP contribution in [0.4, 0.5) is 0 Å². The second-order valence-electron chi connectivity index (χ2n) is 22.4. The zero-order valence-electron chi connectivity index (χ0n) is 36.4. The Balaban J connectivity index is 0.604. The SMILES string of the molecule is CC1CCC(C2CCC(C3CCC(C4CC(O)C(C5CCC(C6CCC(C7CCC(C8CC(O)C(C9CCC(C%10CCC(C%11CCC(C)N%11)N%10)N9)N8)N7)N6)N5)N4)N3)N2)N1. The largest absolute Gasteiger partial charge is 0.391 e. The van der Waals surface area contributed by atoms with E-state index in [1.807, 2.05) is 0 Å². The number of rotatable bonds is 10. The van der Waals surface area contributed by atoms with Crippen LogP contribution in [-0.2, 0) is 0 Å². The van der Waals surface area contributed by atoms with E-state index >= 15 is 0 Å². The van der Waals surface area contributed by atoms with E-state index in [2.05, 4.69) is 72.3 Å². The summed E-state index contributed by atoms with van der Waals surface area (Å²) < 4.78 is 0. The predicted octanol–water partition coefficient (Wildman–Crippen LogP) is 0.294. The average Bonchev–Trinajstić information content (AvgIpc) is 4.05. The summed E-state index contributed by atoms with van der Waals surface area (Å²) >= 11 is 0. The van der Waals surface area contributed by atoms with Crippen LogP contribution in [0.1, 0.15) is 142 Å². The first kappa shape index (κ1) is 41.2. The topological polar surface area (TPSA) is 173 Å². The van der Waals surface area contributed by atoms with E-state index in [0.717, 1.165) is 25.7 Å². The molecule has 0 bridgehead atoms. The maximum absolute atomic E-state index is 11.4. The predicted molar refractivity (Wildman–Crippen MR) is 234 cm³/mol. The molecular weight excluding hydrogens is 739 g/mol. The first-order valence-electron chi connectivity index (χ1n) is 25.5. The Labute approximate surface area is 355 Å². The highest BCUT2D eigenvalue weighted by molar-refractivity contribution is 5.12. The fourth-order valence-electron chi connectivity index (χ4n) is 15.5. The van der Waals surface area contributed by atoms with Crippen LogP contribution >= 0.6 is 0 Å². The van der Waals surface area contributed by atoms with Gasteiger partial charge in [-0.25, -0.2) is 0 Å². The molecule has 334 valence electrons. The lowest BCUT2D eigenvalue weighted by molar-refractivity contribution is 0.141. The van der Waals surface area contributed by atoms with E-state index in [1.165, 1.54) is 103 Å². The normalized spacial score (nSPS) is 56.7. The molecule has 11 aliphatic rings. The van der Waals surface area contributed by atoms with Crippen molar-refractivity contribution in [1.82, 2.24) is 58.5 Å². The molecule has 11 heterocycles. The summed E-state index contributed by atoms with van der Waals surface area (Å²) in [5.41, 5.74) is 0. The molecular formula is C46H83N11O2. The summed E-state index contributed by atoms with van der Waals surface area (Å²) in [6, 6.07) is 10.6. The molecule has 0 radical (unpaired) electrons. The van der Waals surface area contributed by atoms with E-state index in [-0.39, 0.29) is 24.3 Å². The van der Waals surface area contributed by atoms with Gasteiger partial charge in [-0.3, -0.25) is 0 Å². The van der Waals surface area contributed by atoms with Crippen molar-refractivity contribution in [2.45, 2.75) is 287 Å². The molecule has 11 rings (SSSR count). The second kappa shape index (κ2) is 17.5. The zero-order chi connectivity index (χ0) is 39.8. The number of hydrogen-bond acceptors (Lipinski definition) is 13. The van der Waals surface area contributed by atoms with E-state index in [9.17, 15) is 10.2 Å². The Morgan fingerprint density at radius 2 is 0.441 bits per heavy atom. The van der Waals surface area contributed by atoms with Crippen molar-refractivity contribution in [2.75, 3.05) is 0 Å². The van der Waals surface area contributed by atoms with Gasteiger partial charge >= 0.3 is 0 Å². The second-order valence-corrected chi connectivity index (χ2v) is 22.4. The minimum atomic E-state index is -0.279. The van der Waals surface area contributed by atoms with Crippen LogP contribution in [0.25, 0.3) is 0 Å². The van der Waals surface area contributed by atoms with E-state index in [1.54, 1.807) is 0 Å². The molecule has 0 amide bonds. The Morgan fingerprint density at radius 3 is 0.695 bits per heavy atom. The number of aliphatic hydroxyl groups excluding tert-OH is 2. The third-order valence-corrected chi connectivity index (χ3v) is 18.7. The fraction of sp³-hybridized carbons (Fsp3) is 1.00. The minimum absolute atomic E-state index is 0.142. The van der Waals surface area contributed by atoms with Crippen molar-refractivity contribution >= 4 is 0 Å². The maximum Gasteiger partial charge on any atom is 0.0723 e. The van der Waals surface area contributed by atoms with E-state index in [4.69, 9.17) is 0 Å². The first-order valence-corrected chi connectivity index (χ1v) is 25.5. The smallest absolute Gasteiger partial charge is 0.0723 e. The lowest BCUT2D eigenvalue weighted by atomic mass is 10.00. The minimum Gasteiger partial charge on any atom is -0.391 e. The summed E-state index contributed by atoms with van der Waals surface area (Å²) in [5.74, 6) is 0. The van der Waals surface area contributed by atoms with Gasteiger partial charge in [-0.05, 0) is 142 Å². The molecule has 0 saturated carbocycles. The highest BCUT2D eigenvalue weighted by Gasteiger charge is 2.50. The lowest BCUT2D eigenvalue weighted by Gasteiger charge is -2.29. The summed E-state index contributed by atoms with van der Waals surface area (Å²) in [7, 11) is 0. The van der Waals surface area contributed by atoms with Gasteiger partial charge < -0.3 is 68.7 Å². The third kappa shape index (κ3) is 8.48. The standard InChI is InChI=1S/C46H83N11O2/c1-23-3-5-25(47-23)27-7-9-29(49-27)31-13-15-37(52-31)41-21-44(59)46(56-41)40-20-18-36(55-40)34-12-11-30(51-34)32-14-16-38(53-32)42-22-43(58)45(57-42)39-19-17-35(54-39)33-10-8-28(50-33)26-6-4-24(2)48-26/h23-59H,3-22H2,1-2H3. The van der Waals surface area contributed by atoms with Gasteiger partial charge in [-0.2, -0.15) is 0 Å². The molecule has 13 N–H and O–H groups in total. The van der Waals surface area contributed by atoms with E-state index in [0.29, 0.717) is 121 Å². The molecule has 0 aromatic rings. The highest BCUT2D eigenvalue weighted by atomic mass is 16.3. The lowest BCUT2D eigenvalue weighted by Crippen LogP contribution is -2.56. The summed E-state index contributed by atoms with van der Waals surface area (Å²) in [6.07, 6.45) is 23.5. The molecule has 59 heavy (non-hydrogen) atoms. The van der Waals surface area contributed by atoms with Gasteiger partial charge in [0.1, 0.15) is 0 Å². The van der Waals surface area contributed by atoms with Crippen LogP contribution in [0.5, 0.6) is 0 Å². The number of nitrogens with one attached hydrogen (secondary N) is 11.